The maximum Gasteiger partial charge on any atom is 0.301 e. The molecular formula is C31H28ClN3O5S2. The highest BCUT2D eigenvalue weighted by molar-refractivity contribution is 8.00. The van der Waals surface area contributed by atoms with E-state index in [9.17, 15) is 14.7 Å². The number of Topliss-reactive ketones (excluding diaryl/α,β-unsaturated/α-hetero) is 1. The average Bonchev–Trinajstić information content (AvgIpc) is 3.55. The summed E-state index contributed by atoms with van der Waals surface area (Å²) in [6, 6.07) is 18.9. The number of thioether (sulfide) groups is 1. The molecule has 0 radical (unpaired) electrons. The highest BCUT2D eigenvalue weighted by Crippen LogP contribution is 2.45. The number of nitrogens with zero attached hydrogens (tertiary/aromatic N) is 3. The normalized spacial score (nSPS) is 16.2. The molecule has 0 spiro atoms. The smallest absolute Gasteiger partial charge is 0.301 e. The van der Waals surface area contributed by atoms with Gasteiger partial charge in [-0.3, -0.25) is 14.5 Å². The number of aliphatic hydroxyl groups is 1. The van der Waals surface area contributed by atoms with Gasteiger partial charge in [-0.05, 0) is 50.1 Å². The third-order valence-corrected chi connectivity index (χ3v) is 9.04. The van der Waals surface area contributed by atoms with E-state index in [2.05, 4.69) is 10.2 Å². The van der Waals surface area contributed by atoms with Crippen LogP contribution in [0.4, 0.5) is 5.13 Å². The largest absolute Gasteiger partial charge is 0.507 e. The fourth-order valence-corrected chi connectivity index (χ4v) is 6.72. The number of hydrogen-bond acceptors (Lipinski definition) is 9. The number of halogens is 1. The molecule has 11 heteroatoms. The molecule has 1 atom stereocenters. The number of rotatable bonds is 10. The van der Waals surface area contributed by atoms with Gasteiger partial charge in [0.25, 0.3) is 5.78 Å². The van der Waals surface area contributed by atoms with Crippen LogP contribution in [-0.2, 0) is 15.3 Å². The van der Waals surface area contributed by atoms with E-state index in [4.69, 9.17) is 21.1 Å². The van der Waals surface area contributed by atoms with Crippen molar-refractivity contribution >= 4 is 57.3 Å². The van der Waals surface area contributed by atoms with Gasteiger partial charge in [-0.1, -0.05) is 88.8 Å². The van der Waals surface area contributed by atoms with Crippen molar-refractivity contribution in [1.82, 2.24) is 10.2 Å². The summed E-state index contributed by atoms with van der Waals surface area (Å²) in [5.74, 6) is -0.338. The zero-order valence-electron chi connectivity index (χ0n) is 23.2. The number of ketones is 1. The topological polar surface area (TPSA) is 102 Å². The summed E-state index contributed by atoms with van der Waals surface area (Å²) in [6.07, 6.45) is 0. The Labute approximate surface area is 257 Å². The first-order valence-corrected chi connectivity index (χ1v) is 15.5. The van der Waals surface area contributed by atoms with Crippen LogP contribution in [0.2, 0.25) is 5.02 Å². The second-order valence-corrected chi connectivity index (χ2v) is 11.9. The average molecular weight is 622 g/mol. The number of carbonyl (C=O) groups is 2. The van der Waals surface area contributed by atoms with Gasteiger partial charge in [0.05, 0.1) is 24.8 Å². The Kier molecular flexibility index (Phi) is 9.15. The van der Waals surface area contributed by atoms with Crippen molar-refractivity contribution in [3.05, 3.63) is 99.6 Å². The minimum absolute atomic E-state index is 0.0454. The van der Waals surface area contributed by atoms with Crippen molar-refractivity contribution < 1.29 is 24.2 Å². The molecule has 1 aliphatic heterocycles. The van der Waals surface area contributed by atoms with Gasteiger partial charge >= 0.3 is 5.91 Å². The van der Waals surface area contributed by atoms with Crippen LogP contribution in [0.3, 0.4) is 0 Å². The zero-order valence-corrected chi connectivity index (χ0v) is 25.6. The standard InChI is InChI=1S/C31H28ClN3O5S2/c1-4-39-23-15-14-20(16-24(23)40-5-2)26-25(27(36)19-12-10-18(3)11-13-19)28(37)29(38)35(26)30-33-34-31(42-30)41-17-21-8-6-7-9-22(21)32/h6-16,26,36H,4-5,17H2,1-3H3. The summed E-state index contributed by atoms with van der Waals surface area (Å²) in [5.41, 5.74) is 2.86. The van der Waals surface area contributed by atoms with E-state index < -0.39 is 17.7 Å². The summed E-state index contributed by atoms with van der Waals surface area (Å²) >= 11 is 8.92. The summed E-state index contributed by atoms with van der Waals surface area (Å²) < 4.78 is 12.2. The van der Waals surface area contributed by atoms with Gasteiger partial charge in [0.2, 0.25) is 5.13 Å². The van der Waals surface area contributed by atoms with E-state index in [1.165, 1.54) is 28.0 Å². The number of carbonyl (C=O) groups excluding carboxylic acids is 2. The molecule has 3 aromatic carbocycles. The minimum atomic E-state index is -0.976. The number of amides is 1. The summed E-state index contributed by atoms with van der Waals surface area (Å²) in [6.45, 7) is 6.47. The molecule has 4 aromatic rings. The Balaban J connectivity index is 1.59. The van der Waals surface area contributed by atoms with Crippen LogP contribution < -0.4 is 14.4 Å². The van der Waals surface area contributed by atoms with Crippen LogP contribution in [0, 0.1) is 6.92 Å². The Hall–Kier alpha value is -3.86. The molecule has 1 N–H and O–H groups in total. The van der Waals surface area contributed by atoms with Crippen LogP contribution in [0.15, 0.2) is 76.6 Å². The second-order valence-electron chi connectivity index (χ2n) is 9.34. The lowest BCUT2D eigenvalue weighted by Crippen LogP contribution is -2.29. The van der Waals surface area contributed by atoms with Gasteiger partial charge in [-0.15, -0.1) is 10.2 Å². The molecule has 1 fully saturated rings. The molecule has 1 amide bonds. The number of hydrogen-bond donors (Lipinski definition) is 1. The number of ether oxygens (including phenoxy) is 2. The van der Waals surface area contributed by atoms with Gasteiger partial charge in [0, 0.05) is 16.3 Å². The van der Waals surface area contributed by atoms with Gasteiger partial charge in [-0.25, -0.2) is 0 Å². The van der Waals surface area contributed by atoms with E-state index in [0.29, 0.717) is 51.0 Å². The number of aliphatic hydroxyl groups excluding tert-OH is 1. The van der Waals surface area contributed by atoms with E-state index in [1.807, 2.05) is 57.2 Å². The van der Waals surface area contributed by atoms with E-state index in [0.717, 1.165) is 11.1 Å². The van der Waals surface area contributed by atoms with Crippen molar-refractivity contribution in [2.45, 2.75) is 36.9 Å². The Morgan fingerprint density at radius 1 is 1.00 bits per heavy atom. The summed E-state index contributed by atoms with van der Waals surface area (Å²) in [7, 11) is 0. The first kappa shape index (κ1) is 29.6. The quantitative estimate of drug-likeness (QED) is 0.0651. The zero-order chi connectivity index (χ0) is 29.8. The molecule has 1 unspecified atom stereocenters. The van der Waals surface area contributed by atoms with E-state index in [1.54, 1.807) is 30.3 Å². The molecule has 1 aromatic heterocycles. The monoisotopic (exact) mass is 621 g/mol. The van der Waals surface area contributed by atoms with Gasteiger partial charge < -0.3 is 14.6 Å². The van der Waals surface area contributed by atoms with Crippen LogP contribution in [0.1, 0.15) is 42.1 Å². The summed E-state index contributed by atoms with van der Waals surface area (Å²) in [5, 5.41) is 20.9. The molecule has 8 nitrogen and oxygen atoms in total. The third-order valence-electron chi connectivity index (χ3n) is 6.56. The van der Waals surface area contributed by atoms with Gasteiger partial charge in [0.1, 0.15) is 5.76 Å². The Morgan fingerprint density at radius 2 is 1.71 bits per heavy atom. The maximum atomic E-state index is 13.6. The fraction of sp³-hybridized carbons (Fsp3) is 0.226. The summed E-state index contributed by atoms with van der Waals surface area (Å²) in [4.78, 5) is 28.5. The highest BCUT2D eigenvalue weighted by Gasteiger charge is 2.48. The number of anilines is 1. The third kappa shape index (κ3) is 6.01. The van der Waals surface area contributed by atoms with Crippen molar-refractivity contribution in [1.29, 1.82) is 0 Å². The SMILES string of the molecule is CCOc1ccc(C2C(=C(O)c3ccc(C)cc3)C(=O)C(=O)N2c2nnc(SCc3ccccc3Cl)s2)cc1OCC. The van der Waals surface area contributed by atoms with E-state index >= 15 is 0 Å². The molecule has 5 rings (SSSR count). The molecule has 2 heterocycles. The highest BCUT2D eigenvalue weighted by atomic mass is 35.5. The lowest BCUT2D eigenvalue weighted by Gasteiger charge is -2.23. The first-order valence-electron chi connectivity index (χ1n) is 13.3. The lowest BCUT2D eigenvalue weighted by atomic mass is 9.95. The van der Waals surface area contributed by atoms with Crippen LogP contribution in [-0.4, -0.2) is 40.2 Å². The van der Waals surface area contributed by atoms with Crippen LogP contribution >= 0.6 is 34.7 Å². The first-order chi connectivity index (χ1) is 20.3. The molecule has 42 heavy (non-hydrogen) atoms. The van der Waals surface area contributed by atoms with Gasteiger partial charge in [0.15, 0.2) is 15.8 Å². The molecule has 1 aliphatic rings. The second kappa shape index (κ2) is 13.0. The molecular weight excluding hydrogens is 594 g/mol. The number of aryl methyl sites for hydroxylation is 1. The van der Waals surface area contributed by atoms with Crippen molar-refractivity contribution in [2.24, 2.45) is 0 Å². The Bertz CT molecular complexity index is 1650. The molecule has 216 valence electrons. The van der Waals surface area contributed by atoms with Gasteiger partial charge in [-0.2, -0.15) is 0 Å². The predicted molar refractivity (Wildman–Crippen MR) is 166 cm³/mol. The van der Waals surface area contributed by atoms with Crippen molar-refractivity contribution in [2.75, 3.05) is 18.1 Å². The molecule has 1 saturated heterocycles. The van der Waals surface area contributed by atoms with E-state index in [-0.39, 0.29) is 16.5 Å². The van der Waals surface area contributed by atoms with Crippen molar-refractivity contribution in [3.8, 4) is 11.5 Å². The van der Waals surface area contributed by atoms with Crippen LogP contribution in [0.25, 0.3) is 5.76 Å². The molecule has 0 bridgehead atoms. The van der Waals surface area contributed by atoms with Crippen LogP contribution in [0.5, 0.6) is 11.5 Å². The predicted octanol–water partition coefficient (Wildman–Crippen LogP) is 7.22. The molecule has 0 saturated carbocycles. The minimum Gasteiger partial charge on any atom is -0.507 e. The maximum absolute atomic E-state index is 13.6. The Morgan fingerprint density at radius 3 is 2.43 bits per heavy atom. The lowest BCUT2D eigenvalue weighted by molar-refractivity contribution is -0.132. The van der Waals surface area contributed by atoms with Crippen molar-refractivity contribution in [3.63, 3.8) is 0 Å². The molecule has 0 aliphatic carbocycles. The fourth-order valence-electron chi connectivity index (χ4n) is 4.56. The number of aromatic nitrogens is 2. The number of benzene rings is 3.